The molecule has 2 amide bonds. The molecule has 0 N–H and O–H groups in total. The van der Waals surface area contributed by atoms with Crippen LogP contribution in [-0.4, -0.2) is 71.4 Å². The molecule has 0 saturated carbocycles. The molecule has 1 saturated heterocycles. The molecule has 0 aromatic heterocycles. The lowest BCUT2D eigenvalue weighted by atomic mass is 10.2. The Morgan fingerprint density at radius 1 is 1.12 bits per heavy atom. The Labute approximate surface area is 210 Å². The molecule has 1 aromatic carbocycles. The van der Waals surface area contributed by atoms with Gasteiger partial charge in [0.1, 0.15) is 4.32 Å². The highest BCUT2D eigenvalue weighted by Gasteiger charge is 2.32. The van der Waals surface area contributed by atoms with Gasteiger partial charge in [-0.25, -0.2) is 0 Å². The maximum Gasteiger partial charge on any atom is 0.307 e. The van der Waals surface area contributed by atoms with E-state index < -0.39 is 0 Å². The van der Waals surface area contributed by atoms with E-state index in [2.05, 4.69) is 0 Å². The van der Waals surface area contributed by atoms with E-state index in [0.29, 0.717) is 47.0 Å². The molecule has 0 radical (unpaired) electrons. The molecule has 1 aliphatic rings. The SMILES string of the molecule is CCCOC(=O)CCN1C(=O)/C(=C\c2ccc(OCC(=O)N(CC)CC)c(OCC)c2)SC1=S. The van der Waals surface area contributed by atoms with Gasteiger partial charge in [-0.15, -0.1) is 0 Å². The van der Waals surface area contributed by atoms with E-state index in [1.165, 1.54) is 16.7 Å². The van der Waals surface area contributed by atoms with Gasteiger partial charge in [-0.3, -0.25) is 19.3 Å². The van der Waals surface area contributed by atoms with Gasteiger partial charge in [0.15, 0.2) is 18.1 Å². The van der Waals surface area contributed by atoms with Crippen molar-refractivity contribution in [1.29, 1.82) is 0 Å². The van der Waals surface area contributed by atoms with Crippen LogP contribution in [0.3, 0.4) is 0 Å². The second-order valence-electron chi connectivity index (χ2n) is 7.30. The summed E-state index contributed by atoms with van der Waals surface area (Å²) in [7, 11) is 0. The molecule has 8 nitrogen and oxygen atoms in total. The van der Waals surface area contributed by atoms with E-state index in [-0.39, 0.29) is 37.4 Å². The second-order valence-corrected chi connectivity index (χ2v) is 8.97. The second kappa shape index (κ2) is 14.0. The minimum absolute atomic E-state index is 0.0829. The maximum atomic E-state index is 12.8. The predicted molar refractivity (Wildman–Crippen MR) is 137 cm³/mol. The Bertz CT molecular complexity index is 930. The Morgan fingerprint density at radius 2 is 1.85 bits per heavy atom. The summed E-state index contributed by atoms with van der Waals surface area (Å²) in [5, 5.41) is 0. The van der Waals surface area contributed by atoms with Crippen LogP contribution >= 0.6 is 24.0 Å². The van der Waals surface area contributed by atoms with Crippen molar-refractivity contribution in [1.82, 2.24) is 9.80 Å². The number of esters is 1. The number of hydrogen-bond donors (Lipinski definition) is 0. The number of likely N-dealkylation sites (N-methyl/N-ethyl adjacent to an activating group) is 1. The molecule has 1 heterocycles. The number of benzene rings is 1. The Hall–Kier alpha value is -2.59. The fourth-order valence-corrected chi connectivity index (χ4v) is 4.45. The van der Waals surface area contributed by atoms with E-state index in [1.54, 1.807) is 29.2 Å². The normalized spacial score (nSPS) is 14.5. The summed E-state index contributed by atoms with van der Waals surface area (Å²) in [5.74, 6) is 0.242. The number of amides is 2. The molecule has 34 heavy (non-hydrogen) atoms. The van der Waals surface area contributed by atoms with Crippen LogP contribution in [0.25, 0.3) is 6.08 Å². The standard InChI is InChI=1S/C24H32N2O6S2/c1-5-13-31-22(28)11-12-26-23(29)20(34-24(26)33)15-17-9-10-18(19(14-17)30-8-4)32-16-21(27)25(6-2)7-3/h9-10,14-15H,5-8,11-13,16H2,1-4H3/b20-15+. The van der Waals surface area contributed by atoms with Crippen molar-refractivity contribution in [2.75, 3.05) is 39.5 Å². The van der Waals surface area contributed by atoms with Crippen molar-refractivity contribution in [2.45, 2.75) is 40.5 Å². The third-order valence-electron chi connectivity index (χ3n) is 4.91. The Morgan fingerprint density at radius 3 is 2.50 bits per heavy atom. The van der Waals surface area contributed by atoms with Gasteiger partial charge in [0.2, 0.25) is 0 Å². The third kappa shape index (κ3) is 7.73. The van der Waals surface area contributed by atoms with Gasteiger partial charge in [0, 0.05) is 19.6 Å². The van der Waals surface area contributed by atoms with Crippen molar-refractivity contribution in [3.8, 4) is 11.5 Å². The lowest BCUT2D eigenvalue weighted by Crippen LogP contribution is -2.34. The van der Waals surface area contributed by atoms with E-state index in [1.807, 2.05) is 27.7 Å². The number of rotatable bonds is 13. The van der Waals surface area contributed by atoms with Crippen LogP contribution in [0.1, 0.15) is 46.1 Å². The number of thioether (sulfide) groups is 1. The summed E-state index contributed by atoms with van der Waals surface area (Å²) < 4.78 is 16.9. The molecular weight excluding hydrogens is 476 g/mol. The van der Waals surface area contributed by atoms with E-state index in [4.69, 9.17) is 26.4 Å². The molecular formula is C24H32N2O6S2. The van der Waals surface area contributed by atoms with Crippen LogP contribution in [0.5, 0.6) is 11.5 Å². The average Bonchev–Trinajstić information content (AvgIpc) is 3.08. The minimum atomic E-state index is -0.351. The fraction of sp³-hybridized carbons (Fsp3) is 0.500. The number of hydrogen-bond acceptors (Lipinski definition) is 8. The van der Waals surface area contributed by atoms with E-state index in [0.717, 1.165) is 12.0 Å². The number of thiocarbonyl (C=S) groups is 1. The molecule has 1 aliphatic heterocycles. The maximum absolute atomic E-state index is 12.8. The number of carbonyl (C=O) groups is 3. The molecule has 186 valence electrons. The van der Waals surface area contributed by atoms with Crippen molar-refractivity contribution in [3.63, 3.8) is 0 Å². The fourth-order valence-electron chi connectivity index (χ4n) is 3.14. The zero-order chi connectivity index (χ0) is 25.1. The van der Waals surface area contributed by atoms with Gasteiger partial charge in [0.25, 0.3) is 11.8 Å². The summed E-state index contributed by atoms with van der Waals surface area (Å²) in [6.07, 6.45) is 2.56. The van der Waals surface area contributed by atoms with Gasteiger partial charge < -0.3 is 19.1 Å². The Kier molecular flexibility index (Phi) is 11.4. The minimum Gasteiger partial charge on any atom is -0.490 e. The smallest absolute Gasteiger partial charge is 0.307 e. The lowest BCUT2D eigenvalue weighted by molar-refractivity contribution is -0.144. The topological polar surface area (TPSA) is 85.4 Å². The van der Waals surface area contributed by atoms with Gasteiger partial charge in [-0.05, 0) is 51.0 Å². The number of nitrogens with zero attached hydrogens (tertiary/aromatic N) is 2. The first-order chi connectivity index (χ1) is 16.3. The summed E-state index contributed by atoms with van der Waals surface area (Å²) in [4.78, 5) is 40.4. The van der Waals surface area contributed by atoms with Crippen molar-refractivity contribution >= 4 is 52.2 Å². The molecule has 0 unspecified atom stereocenters. The van der Waals surface area contributed by atoms with Gasteiger partial charge in [-0.2, -0.15) is 0 Å². The largest absolute Gasteiger partial charge is 0.490 e. The molecule has 0 aliphatic carbocycles. The zero-order valence-electron chi connectivity index (χ0n) is 20.1. The highest BCUT2D eigenvalue weighted by Crippen LogP contribution is 2.35. The number of carbonyl (C=O) groups excluding carboxylic acids is 3. The molecule has 1 fully saturated rings. The Balaban J connectivity index is 2.10. The first-order valence-corrected chi connectivity index (χ1v) is 12.6. The van der Waals surface area contributed by atoms with Crippen LogP contribution < -0.4 is 9.47 Å². The first kappa shape index (κ1) is 27.7. The van der Waals surface area contributed by atoms with Crippen LogP contribution in [-0.2, 0) is 19.1 Å². The van der Waals surface area contributed by atoms with Crippen molar-refractivity contribution < 1.29 is 28.6 Å². The number of ether oxygens (including phenoxy) is 3. The predicted octanol–water partition coefficient (Wildman–Crippen LogP) is 3.88. The van der Waals surface area contributed by atoms with Crippen LogP contribution in [0, 0.1) is 0 Å². The highest BCUT2D eigenvalue weighted by molar-refractivity contribution is 8.26. The van der Waals surface area contributed by atoms with Gasteiger partial charge in [0.05, 0.1) is 24.5 Å². The summed E-state index contributed by atoms with van der Waals surface area (Å²) >= 11 is 6.52. The highest BCUT2D eigenvalue weighted by atomic mass is 32.2. The monoisotopic (exact) mass is 508 g/mol. The molecule has 10 heteroatoms. The first-order valence-electron chi connectivity index (χ1n) is 11.4. The molecule has 0 bridgehead atoms. The average molecular weight is 509 g/mol. The van der Waals surface area contributed by atoms with Crippen molar-refractivity contribution in [3.05, 3.63) is 28.7 Å². The quantitative estimate of drug-likeness (QED) is 0.226. The van der Waals surface area contributed by atoms with Gasteiger partial charge in [-0.1, -0.05) is 37.0 Å². The van der Waals surface area contributed by atoms with Crippen LogP contribution in [0.2, 0.25) is 0 Å². The summed E-state index contributed by atoms with van der Waals surface area (Å²) in [6, 6.07) is 5.26. The molecule has 0 atom stereocenters. The molecule has 1 aromatic rings. The molecule has 0 spiro atoms. The van der Waals surface area contributed by atoms with Gasteiger partial charge >= 0.3 is 5.97 Å². The van der Waals surface area contributed by atoms with Crippen molar-refractivity contribution in [2.24, 2.45) is 0 Å². The van der Waals surface area contributed by atoms with E-state index >= 15 is 0 Å². The zero-order valence-corrected chi connectivity index (χ0v) is 21.8. The van der Waals surface area contributed by atoms with E-state index in [9.17, 15) is 14.4 Å². The lowest BCUT2D eigenvalue weighted by Gasteiger charge is -2.19. The molecule has 2 rings (SSSR count). The third-order valence-corrected chi connectivity index (χ3v) is 6.29. The van der Waals surface area contributed by atoms with Crippen LogP contribution in [0.4, 0.5) is 0 Å². The summed E-state index contributed by atoms with van der Waals surface area (Å²) in [6.45, 7) is 9.73. The summed E-state index contributed by atoms with van der Waals surface area (Å²) in [5.41, 5.74) is 0.730. The van der Waals surface area contributed by atoms with Crippen LogP contribution in [0.15, 0.2) is 23.1 Å².